The van der Waals surface area contributed by atoms with Crippen molar-refractivity contribution >= 4 is 40.1 Å². The zero-order chi connectivity index (χ0) is 7.49. The summed E-state index contributed by atoms with van der Waals surface area (Å²) in [5, 5.41) is 2.42. The molecule has 1 N–H and O–H groups in total. The van der Waals surface area contributed by atoms with Gasteiger partial charge in [-0.3, -0.25) is 4.57 Å². The molecule has 0 unspecified atom stereocenters. The minimum absolute atomic E-state index is 0.118. The van der Waals surface area contributed by atoms with Gasteiger partial charge in [-0.1, -0.05) is 0 Å². The molecule has 6 heteroatoms. The molecule has 0 saturated heterocycles. The Morgan fingerprint density at radius 3 is 2.22 bits per heavy atom. The van der Waals surface area contributed by atoms with E-state index < -0.39 is 6.00 Å². The summed E-state index contributed by atoms with van der Waals surface area (Å²) in [6.45, 7) is 1.74. The quantitative estimate of drug-likeness (QED) is 0.573. The van der Waals surface area contributed by atoms with E-state index in [1.165, 1.54) is 0 Å². The zero-order valence-electron chi connectivity index (χ0n) is 4.77. The van der Waals surface area contributed by atoms with Gasteiger partial charge in [0.15, 0.2) is 0 Å². The Labute approximate surface area is 68.9 Å². The number of hydrogen-bond acceptors (Lipinski definition) is 1. The van der Waals surface area contributed by atoms with E-state index in [1.54, 1.807) is 6.92 Å². The van der Waals surface area contributed by atoms with Gasteiger partial charge in [-0.25, -0.2) is 5.09 Å². The number of rotatable bonds is 3. The van der Waals surface area contributed by atoms with Gasteiger partial charge in [0, 0.05) is 11.9 Å². The molecule has 0 aliphatic heterocycles. The SMILES string of the molecule is C[C@H](CCl)NP(=O)(Cl)Cl. The normalized spacial score (nSPS) is 15.6. The van der Waals surface area contributed by atoms with Crippen molar-refractivity contribution in [3.63, 3.8) is 0 Å². The Balaban J connectivity index is 3.60. The van der Waals surface area contributed by atoms with Gasteiger partial charge >= 0.3 is 6.00 Å². The van der Waals surface area contributed by atoms with E-state index in [9.17, 15) is 4.57 Å². The fraction of sp³-hybridized carbons (Fsp3) is 1.00. The monoisotopic (exact) mass is 209 g/mol. The summed E-state index contributed by atoms with van der Waals surface area (Å²) in [5.74, 6) is -2.79. The van der Waals surface area contributed by atoms with Crippen molar-refractivity contribution in [2.45, 2.75) is 13.0 Å². The highest BCUT2D eigenvalue weighted by atomic mass is 35.9. The summed E-state index contributed by atoms with van der Waals surface area (Å²) in [4.78, 5) is 0. The fourth-order valence-electron chi connectivity index (χ4n) is 0.291. The van der Waals surface area contributed by atoms with E-state index >= 15 is 0 Å². The minimum atomic E-state index is -3.13. The van der Waals surface area contributed by atoms with Crippen LogP contribution in [0.3, 0.4) is 0 Å². The summed E-state index contributed by atoms with van der Waals surface area (Å²) >= 11 is 15.7. The lowest BCUT2D eigenvalue weighted by atomic mass is 10.4. The lowest BCUT2D eigenvalue weighted by Crippen LogP contribution is -2.20. The van der Waals surface area contributed by atoms with Crippen LogP contribution in [0.2, 0.25) is 0 Å². The predicted octanol–water partition coefficient (Wildman–Crippen LogP) is 2.79. The second-order valence-corrected chi connectivity index (χ2v) is 6.51. The maximum atomic E-state index is 10.5. The zero-order valence-corrected chi connectivity index (χ0v) is 7.94. The minimum Gasteiger partial charge on any atom is -0.271 e. The number of alkyl halides is 1. The second-order valence-electron chi connectivity index (χ2n) is 1.65. The largest absolute Gasteiger partial charge is 0.319 e. The molecule has 0 heterocycles. The van der Waals surface area contributed by atoms with Gasteiger partial charge in [-0.05, 0) is 29.4 Å². The van der Waals surface area contributed by atoms with E-state index in [0.29, 0.717) is 5.88 Å². The maximum absolute atomic E-state index is 10.5. The highest BCUT2D eigenvalue weighted by Gasteiger charge is 2.15. The topological polar surface area (TPSA) is 29.1 Å². The van der Waals surface area contributed by atoms with Crippen molar-refractivity contribution < 1.29 is 4.57 Å². The summed E-state index contributed by atoms with van der Waals surface area (Å²) in [6, 6.07) is -0.118. The van der Waals surface area contributed by atoms with Gasteiger partial charge in [-0.15, -0.1) is 11.6 Å². The van der Waals surface area contributed by atoms with E-state index in [2.05, 4.69) is 5.09 Å². The maximum Gasteiger partial charge on any atom is 0.319 e. The first-order valence-electron chi connectivity index (χ1n) is 2.29. The number of nitrogens with one attached hydrogen (secondary N) is 1. The Morgan fingerprint density at radius 2 is 2.11 bits per heavy atom. The van der Waals surface area contributed by atoms with Crippen LogP contribution in [0.4, 0.5) is 0 Å². The molecule has 0 aliphatic rings. The molecule has 0 aliphatic carbocycles. The molecular weight excluding hydrogens is 203 g/mol. The Hall–Kier alpha value is 1.06. The van der Waals surface area contributed by atoms with Crippen LogP contribution in [0.5, 0.6) is 0 Å². The lowest BCUT2D eigenvalue weighted by molar-refractivity contribution is 0.577. The third-order valence-corrected chi connectivity index (χ3v) is 2.39. The van der Waals surface area contributed by atoms with Crippen LogP contribution >= 0.6 is 40.1 Å². The molecule has 9 heavy (non-hydrogen) atoms. The molecule has 0 aromatic carbocycles. The summed E-state index contributed by atoms with van der Waals surface area (Å²) in [6.07, 6.45) is 0. The second kappa shape index (κ2) is 4.05. The van der Waals surface area contributed by atoms with Crippen LogP contribution in [0.25, 0.3) is 0 Å². The molecule has 0 saturated carbocycles. The lowest BCUT2D eigenvalue weighted by Gasteiger charge is -2.09. The van der Waals surface area contributed by atoms with Crippen LogP contribution < -0.4 is 5.09 Å². The summed E-state index contributed by atoms with van der Waals surface area (Å²) < 4.78 is 10.5. The van der Waals surface area contributed by atoms with Gasteiger partial charge in [0.1, 0.15) is 0 Å². The average Bonchev–Trinajstić information content (AvgIpc) is 1.62. The molecule has 2 nitrogen and oxygen atoms in total. The number of hydrogen-bond donors (Lipinski definition) is 1. The molecule has 0 rings (SSSR count). The van der Waals surface area contributed by atoms with E-state index in [-0.39, 0.29) is 6.04 Å². The van der Waals surface area contributed by atoms with Gasteiger partial charge < -0.3 is 0 Å². The molecule has 0 amide bonds. The first-order chi connectivity index (χ1) is 3.95. The summed E-state index contributed by atoms with van der Waals surface area (Å²) in [7, 11) is 0. The molecule has 56 valence electrons. The van der Waals surface area contributed by atoms with Gasteiger partial charge in [0.05, 0.1) is 0 Å². The standard InChI is InChI=1S/C3H7Cl3NOP/c1-3(2-4)7-9(5,6)8/h3H,2H2,1H3,(H,7,8)/t3-/m1/s1. The van der Waals surface area contributed by atoms with E-state index in [0.717, 1.165) is 0 Å². The smallest absolute Gasteiger partial charge is 0.271 e. The van der Waals surface area contributed by atoms with Crippen molar-refractivity contribution in [1.29, 1.82) is 0 Å². The summed E-state index contributed by atoms with van der Waals surface area (Å²) in [5.41, 5.74) is 0. The molecular formula is C3H7Cl3NOP. The van der Waals surface area contributed by atoms with Crippen molar-refractivity contribution in [1.82, 2.24) is 5.09 Å². The van der Waals surface area contributed by atoms with Crippen LogP contribution in [-0.4, -0.2) is 11.9 Å². The van der Waals surface area contributed by atoms with E-state index in [4.69, 9.17) is 34.1 Å². The Bertz CT molecular complexity index is 124. The average molecular weight is 210 g/mol. The molecule has 1 atom stereocenters. The molecule has 0 bridgehead atoms. The first-order valence-corrected chi connectivity index (χ1v) is 6.34. The predicted molar refractivity (Wildman–Crippen MR) is 42.6 cm³/mol. The van der Waals surface area contributed by atoms with Crippen LogP contribution in [-0.2, 0) is 4.57 Å². The van der Waals surface area contributed by atoms with Crippen LogP contribution in [0, 0.1) is 0 Å². The molecule has 0 aromatic heterocycles. The van der Waals surface area contributed by atoms with Gasteiger partial charge in [0.25, 0.3) is 0 Å². The van der Waals surface area contributed by atoms with Crippen molar-refractivity contribution in [3.05, 3.63) is 0 Å². The third-order valence-electron chi connectivity index (χ3n) is 0.602. The molecule has 0 fully saturated rings. The molecule has 0 spiro atoms. The van der Waals surface area contributed by atoms with E-state index in [1.807, 2.05) is 0 Å². The molecule has 0 aromatic rings. The van der Waals surface area contributed by atoms with Crippen LogP contribution in [0.1, 0.15) is 6.92 Å². The Kier molecular flexibility index (Phi) is 4.52. The van der Waals surface area contributed by atoms with Crippen molar-refractivity contribution in [3.8, 4) is 0 Å². The van der Waals surface area contributed by atoms with Crippen LogP contribution in [0.15, 0.2) is 0 Å². The first kappa shape index (κ1) is 10.1. The third kappa shape index (κ3) is 6.95. The fourth-order valence-corrected chi connectivity index (χ4v) is 2.08. The van der Waals surface area contributed by atoms with Crippen molar-refractivity contribution in [2.75, 3.05) is 5.88 Å². The highest BCUT2D eigenvalue weighted by Crippen LogP contribution is 2.52. The van der Waals surface area contributed by atoms with Gasteiger partial charge in [0.2, 0.25) is 0 Å². The molecule has 0 radical (unpaired) electrons. The van der Waals surface area contributed by atoms with Gasteiger partial charge in [-0.2, -0.15) is 0 Å². The highest BCUT2D eigenvalue weighted by molar-refractivity contribution is 8.07. The van der Waals surface area contributed by atoms with Crippen molar-refractivity contribution in [2.24, 2.45) is 0 Å². The number of halogens is 3. The Morgan fingerprint density at radius 1 is 1.67 bits per heavy atom.